The van der Waals surface area contributed by atoms with Gasteiger partial charge in [-0.1, -0.05) is 33.1 Å². The first kappa shape index (κ1) is 19.3. The minimum Gasteiger partial charge on any atom is -0.344 e. The molecule has 4 aliphatic carbocycles. The lowest BCUT2D eigenvalue weighted by Gasteiger charge is -2.56. The molecule has 1 heterocycles. The van der Waals surface area contributed by atoms with E-state index in [1.165, 1.54) is 38.5 Å². The quantitative estimate of drug-likeness (QED) is 0.804. The number of nitrogens with zero attached hydrogens (tertiary/aromatic N) is 1. The van der Waals surface area contributed by atoms with E-state index in [2.05, 4.69) is 19.2 Å². The monoisotopic (exact) mass is 374 g/mol. The molecule has 5 fully saturated rings. The van der Waals surface area contributed by atoms with E-state index in [0.717, 1.165) is 62.9 Å². The Labute approximate surface area is 164 Å². The predicted octanol–water partition coefficient (Wildman–Crippen LogP) is 4.14. The summed E-state index contributed by atoms with van der Waals surface area (Å²) in [6.07, 6.45) is 13.1. The Balaban J connectivity index is 1.45. The van der Waals surface area contributed by atoms with Crippen molar-refractivity contribution in [2.75, 3.05) is 13.1 Å². The van der Waals surface area contributed by atoms with Crippen LogP contribution in [0.5, 0.6) is 0 Å². The number of rotatable bonds is 4. The van der Waals surface area contributed by atoms with Gasteiger partial charge in [0.25, 0.3) is 0 Å². The fourth-order valence-corrected chi connectivity index (χ4v) is 6.86. The van der Waals surface area contributed by atoms with E-state index in [-0.39, 0.29) is 29.2 Å². The second-order valence-electron chi connectivity index (χ2n) is 10.5. The van der Waals surface area contributed by atoms with Crippen molar-refractivity contribution in [2.45, 2.75) is 90.5 Å². The average Bonchev–Trinajstić information content (AvgIpc) is 2.57. The molecule has 0 aromatic heterocycles. The molecule has 0 radical (unpaired) electrons. The van der Waals surface area contributed by atoms with Gasteiger partial charge in [0.15, 0.2) is 0 Å². The number of carbonyl (C=O) groups excluding carboxylic acids is 2. The topological polar surface area (TPSA) is 49.4 Å². The molecule has 27 heavy (non-hydrogen) atoms. The maximum absolute atomic E-state index is 13.4. The van der Waals surface area contributed by atoms with Crippen LogP contribution in [-0.4, -0.2) is 35.8 Å². The van der Waals surface area contributed by atoms with Crippen molar-refractivity contribution >= 4 is 11.8 Å². The third kappa shape index (κ3) is 3.91. The molecule has 0 unspecified atom stereocenters. The summed E-state index contributed by atoms with van der Waals surface area (Å²) in [4.78, 5) is 28.7. The van der Waals surface area contributed by atoms with Gasteiger partial charge < -0.3 is 10.2 Å². The Morgan fingerprint density at radius 3 is 1.81 bits per heavy atom. The van der Waals surface area contributed by atoms with E-state index in [1.807, 2.05) is 4.90 Å². The van der Waals surface area contributed by atoms with Crippen molar-refractivity contribution < 1.29 is 9.59 Å². The van der Waals surface area contributed by atoms with Crippen molar-refractivity contribution in [2.24, 2.45) is 29.1 Å². The van der Waals surface area contributed by atoms with E-state index in [1.54, 1.807) is 0 Å². The maximum Gasteiger partial charge on any atom is 0.245 e. The second kappa shape index (κ2) is 7.75. The highest BCUT2D eigenvalue weighted by Crippen LogP contribution is 2.60. The molecule has 1 aliphatic heterocycles. The van der Waals surface area contributed by atoms with Gasteiger partial charge in [0, 0.05) is 18.5 Å². The van der Waals surface area contributed by atoms with Crippen molar-refractivity contribution in [3.63, 3.8) is 0 Å². The fraction of sp³-hybridized carbons (Fsp3) is 0.913. The summed E-state index contributed by atoms with van der Waals surface area (Å²) in [5.41, 5.74) is -0.168. The highest BCUT2D eigenvalue weighted by molar-refractivity contribution is 5.90. The van der Waals surface area contributed by atoms with Gasteiger partial charge in [-0.05, 0) is 75.0 Å². The molecule has 1 atom stereocenters. The van der Waals surface area contributed by atoms with Gasteiger partial charge in [0.05, 0.1) is 0 Å². The molecule has 4 nitrogen and oxygen atoms in total. The van der Waals surface area contributed by atoms with Gasteiger partial charge in [0.2, 0.25) is 11.8 Å². The van der Waals surface area contributed by atoms with Crippen LogP contribution in [0, 0.1) is 29.1 Å². The fourth-order valence-electron chi connectivity index (χ4n) is 6.86. The second-order valence-corrected chi connectivity index (χ2v) is 10.5. The summed E-state index contributed by atoms with van der Waals surface area (Å²) in [6.45, 7) is 5.86. The summed E-state index contributed by atoms with van der Waals surface area (Å²) >= 11 is 0. The third-order valence-corrected chi connectivity index (χ3v) is 7.91. The minimum absolute atomic E-state index is 0.140. The van der Waals surface area contributed by atoms with Crippen LogP contribution in [-0.2, 0) is 9.59 Å². The van der Waals surface area contributed by atoms with Gasteiger partial charge in [-0.3, -0.25) is 9.59 Å². The molecule has 4 saturated carbocycles. The lowest BCUT2D eigenvalue weighted by atomic mass is 9.49. The predicted molar refractivity (Wildman–Crippen MR) is 107 cm³/mol. The Hall–Kier alpha value is -1.06. The number of hydrogen-bond donors (Lipinski definition) is 1. The summed E-state index contributed by atoms with van der Waals surface area (Å²) in [5, 5.41) is 3.28. The zero-order valence-electron chi connectivity index (χ0n) is 17.3. The average molecular weight is 375 g/mol. The van der Waals surface area contributed by atoms with Gasteiger partial charge in [0.1, 0.15) is 6.04 Å². The van der Waals surface area contributed by atoms with Gasteiger partial charge in [-0.25, -0.2) is 0 Å². The first-order valence-corrected chi connectivity index (χ1v) is 11.6. The van der Waals surface area contributed by atoms with E-state index in [4.69, 9.17) is 0 Å². The molecule has 4 bridgehead atoms. The van der Waals surface area contributed by atoms with E-state index in [0.29, 0.717) is 0 Å². The molecule has 5 rings (SSSR count). The van der Waals surface area contributed by atoms with Crippen LogP contribution in [0.15, 0.2) is 0 Å². The van der Waals surface area contributed by atoms with Crippen LogP contribution in [0.2, 0.25) is 0 Å². The standard InChI is InChI=1S/C23H38N2O2/c1-16(2)20(21(26)25-8-6-4-3-5-7-9-25)24-22(27)23-13-17-10-18(14-23)12-19(11-17)15-23/h16-20H,3-15H2,1-2H3,(H,24,27)/t17?,18?,19?,20-,23?/m1/s1. The largest absolute Gasteiger partial charge is 0.344 e. The maximum atomic E-state index is 13.4. The molecule has 0 spiro atoms. The zero-order valence-corrected chi connectivity index (χ0v) is 17.3. The van der Waals surface area contributed by atoms with Crippen LogP contribution in [0.25, 0.3) is 0 Å². The summed E-state index contributed by atoms with van der Waals surface area (Å²) < 4.78 is 0. The molecule has 152 valence electrons. The lowest BCUT2D eigenvalue weighted by Crippen LogP contribution is -2.59. The van der Waals surface area contributed by atoms with E-state index >= 15 is 0 Å². The van der Waals surface area contributed by atoms with Crippen molar-refractivity contribution in [1.82, 2.24) is 10.2 Å². The van der Waals surface area contributed by atoms with Gasteiger partial charge in [-0.2, -0.15) is 0 Å². The van der Waals surface area contributed by atoms with Crippen LogP contribution in [0.4, 0.5) is 0 Å². The number of amides is 2. The molecule has 0 aromatic rings. The third-order valence-electron chi connectivity index (χ3n) is 7.91. The summed E-state index contributed by atoms with van der Waals surface area (Å²) in [7, 11) is 0. The first-order chi connectivity index (χ1) is 13.0. The van der Waals surface area contributed by atoms with Crippen molar-refractivity contribution in [1.29, 1.82) is 0 Å². The Morgan fingerprint density at radius 1 is 0.852 bits per heavy atom. The molecule has 1 saturated heterocycles. The van der Waals surface area contributed by atoms with Crippen molar-refractivity contribution in [3.05, 3.63) is 0 Å². The Kier molecular flexibility index (Phi) is 5.53. The van der Waals surface area contributed by atoms with E-state index in [9.17, 15) is 9.59 Å². The molecule has 1 N–H and O–H groups in total. The van der Waals surface area contributed by atoms with Gasteiger partial charge in [-0.15, -0.1) is 0 Å². The molecule has 2 amide bonds. The van der Waals surface area contributed by atoms with Crippen LogP contribution in [0.1, 0.15) is 84.5 Å². The first-order valence-electron chi connectivity index (χ1n) is 11.6. The lowest BCUT2D eigenvalue weighted by molar-refractivity contribution is -0.150. The molecular weight excluding hydrogens is 336 g/mol. The SMILES string of the molecule is CC(C)[C@@H](NC(=O)C12CC3CC(CC(C3)C1)C2)C(=O)N1CCCCCCC1. The smallest absolute Gasteiger partial charge is 0.245 e. The van der Waals surface area contributed by atoms with Crippen LogP contribution >= 0.6 is 0 Å². The highest BCUT2D eigenvalue weighted by atomic mass is 16.2. The molecule has 0 aromatic carbocycles. The highest BCUT2D eigenvalue weighted by Gasteiger charge is 2.55. The van der Waals surface area contributed by atoms with Crippen LogP contribution < -0.4 is 5.32 Å². The summed E-state index contributed by atoms with van der Waals surface area (Å²) in [5.74, 6) is 2.75. The van der Waals surface area contributed by atoms with E-state index < -0.39 is 0 Å². The van der Waals surface area contributed by atoms with Crippen LogP contribution in [0.3, 0.4) is 0 Å². The summed E-state index contributed by atoms with van der Waals surface area (Å²) in [6, 6.07) is -0.357. The Bertz CT molecular complexity index is 527. The number of likely N-dealkylation sites (tertiary alicyclic amines) is 1. The number of carbonyl (C=O) groups is 2. The number of hydrogen-bond acceptors (Lipinski definition) is 2. The molecule has 5 aliphatic rings. The Morgan fingerprint density at radius 2 is 1.33 bits per heavy atom. The normalized spacial score (nSPS) is 37.0. The number of nitrogens with one attached hydrogen (secondary N) is 1. The minimum atomic E-state index is -0.357. The molecular formula is C23H38N2O2. The molecule has 4 heteroatoms. The zero-order chi connectivity index (χ0) is 19.0. The van der Waals surface area contributed by atoms with Gasteiger partial charge >= 0.3 is 0 Å². The van der Waals surface area contributed by atoms with Crippen molar-refractivity contribution in [3.8, 4) is 0 Å².